The van der Waals surface area contributed by atoms with Gasteiger partial charge >= 0.3 is 0 Å². The first-order valence-electron chi connectivity index (χ1n) is 10.7. The summed E-state index contributed by atoms with van der Waals surface area (Å²) in [5.74, 6) is -2.47. The van der Waals surface area contributed by atoms with Crippen molar-refractivity contribution in [1.29, 1.82) is 0 Å². The highest BCUT2D eigenvalue weighted by Gasteiger charge is 2.36. The van der Waals surface area contributed by atoms with Gasteiger partial charge in [-0.05, 0) is 36.5 Å². The van der Waals surface area contributed by atoms with Crippen molar-refractivity contribution in [1.82, 2.24) is 9.97 Å². The predicted octanol–water partition coefficient (Wildman–Crippen LogP) is 2.99. The molecule has 1 aromatic carbocycles. The van der Waals surface area contributed by atoms with Crippen LogP contribution in [0.3, 0.4) is 0 Å². The lowest BCUT2D eigenvalue weighted by Gasteiger charge is -2.38. The largest absolute Gasteiger partial charge is 0.396 e. The average molecular weight is 487 g/mol. The van der Waals surface area contributed by atoms with Gasteiger partial charge in [-0.3, -0.25) is 9.78 Å². The van der Waals surface area contributed by atoms with Crippen molar-refractivity contribution in [2.45, 2.75) is 31.7 Å². The first kappa shape index (κ1) is 24.3. The van der Waals surface area contributed by atoms with Gasteiger partial charge in [0.05, 0.1) is 36.8 Å². The summed E-state index contributed by atoms with van der Waals surface area (Å²) in [6, 6.07) is 8.23. The number of carbonyl (C=O) groups is 1. The van der Waals surface area contributed by atoms with E-state index in [1.54, 1.807) is 19.1 Å². The zero-order valence-corrected chi connectivity index (χ0v) is 19.4. The molecule has 2 aromatic heterocycles. The van der Waals surface area contributed by atoms with E-state index in [1.807, 2.05) is 0 Å². The Morgan fingerprint density at radius 1 is 1.24 bits per heavy atom. The van der Waals surface area contributed by atoms with E-state index in [-0.39, 0.29) is 30.0 Å². The van der Waals surface area contributed by atoms with E-state index >= 15 is 0 Å². The molecular formula is C24H24F2N3O4P. The summed E-state index contributed by atoms with van der Waals surface area (Å²) in [5, 5.41) is 23.0. The highest BCUT2D eigenvalue weighted by atomic mass is 31.0. The minimum absolute atomic E-state index is 0.0428. The number of amides is 1. The third-order valence-corrected chi connectivity index (χ3v) is 6.43. The summed E-state index contributed by atoms with van der Waals surface area (Å²) in [4.78, 5) is 21.1. The molecule has 0 radical (unpaired) electrons. The zero-order valence-electron chi connectivity index (χ0n) is 18.3. The molecule has 1 amide bonds. The Morgan fingerprint density at radius 2 is 2.03 bits per heavy atom. The molecule has 3 aromatic rings. The highest BCUT2D eigenvalue weighted by molar-refractivity contribution is 7.28. The van der Waals surface area contributed by atoms with Gasteiger partial charge in [-0.25, -0.2) is 13.8 Å². The number of pyridine rings is 2. The number of rotatable bonds is 5. The summed E-state index contributed by atoms with van der Waals surface area (Å²) in [7, 11) is 2.33. The lowest BCUT2D eigenvalue weighted by molar-refractivity contribution is -0.141. The number of ether oxygens (including phenoxy) is 1. The quantitative estimate of drug-likeness (QED) is 0.478. The van der Waals surface area contributed by atoms with Crippen LogP contribution in [0.25, 0.3) is 11.3 Å². The maximum Gasteiger partial charge on any atom is 0.274 e. The van der Waals surface area contributed by atoms with Crippen LogP contribution in [0, 0.1) is 17.6 Å². The van der Waals surface area contributed by atoms with Gasteiger partial charge in [0.15, 0.2) is 0 Å². The van der Waals surface area contributed by atoms with Gasteiger partial charge < -0.3 is 20.3 Å². The number of halogens is 2. The van der Waals surface area contributed by atoms with Crippen LogP contribution in [0.4, 0.5) is 14.5 Å². The van der Waals surface area contributed by atoms with E-state index in [0.717, 1.165) is 6.07 Å². The van der Waals surface area contributed by atoms with Crippen LogP contribution >= 0.6 is 9.24 Å². The topological polar surface area (TPSA) is 105 Å². The summed E-state index contributed by atoms with van der Waals surface area (Å²) in [6.45, 7) is 1.57. The van der Waals surface area contributed by atoms with Crippen molar-refractivity contribution in [3.63, 3.8) is 0 Å². The number of hydrogen-bond donors (Lipinski definition) is 3. The minimum Gasteiger partial charge on any atom is -0.396 e. The predicted molar refractivity (Wildman–Crippen MR) is 126 cm³/mol. The minimum atomic E-state index is -0.779. The number of nitrogens with one attached hydrogen (secondary N) is 1. The van der Waals surface area contributed by atoms with Crippen LogP contribution in [0.2, 0.25) is 0 Å². The number of aliphatic hydroxyl groups is 2. The summed E-state index contributed by atoms with van der Waals surface area (Å²) < 4.78 is 34.9. The fourth-order valence-corrected chi connectivity index (χ4v) is 4.49. The molecule has 3 N–H and O–H groups in total. The maximum absolute atomic E-state index is 14.5. The van der Waals surface area contributed by atoms with Crippen LogP contribution in [0.1, 0.15) is 35.5 Å². The normalized spacial score (nSPS) is 22.4. The lowest BCUT2D eigenvalue weighted by Crippen LogP contribution is -2.41. The number of hydrogen-bond acceptors (Lipinski definition) is 6. The molecule has 0 aliphatic carbocycles. The van der Waals surface area contributed by atoms with Gasteiger partial charge in [-0.2, -0.15) is 0 Å². The highest BCUT2D eigenvalue weighted by Crippen LogP contribution is 2.37. The molecule has 10 heteroatoms. The molecule has 7 nitrogen and oxygen atoms in total. The van der Waals surface area contributed by atoms with Crippen LogP contribution in [0.5, 0.6) is 0 Å². The summed E-state index contributed by atoms with van der Waals surface area (Å²) in [6.07, 6.45) is 1.48. The van der Waals surface area contributed by atoms with Gasteiger partial charge in [0.1, 0.15) is 23.0 Å². The second-order valence-corrected chi connectivity index (χ2v) is 8.75. The Hall–Kier alpha value is -2.84. The van der Waals surface area contributed by atoms with E-state index < -0.39 is 41.8 Å². The third kappa shape index (κ3) is 4.83. The van der Waals surface area contributed by atoms with E-state index in [0.29, 0.717) is 16.6 Å². The Kier molecular flexibility index (Phi) is 7.28. The second-order valence-electron chi connectivity index (χ2n) is 8.13. The van der Waals surface area contributed by atoms with E-state index in [4.69, 9.17) is 4.74 Å². The molecule has 178 valence electrons. The number of benzene rings is 1. The number of aliphatic hydroxyl groups excluding tert-OH is 2. The fourth-order valence-electron chi connectivity index (χ4n) is 4.10. The van der Waals surface area contributed by atoms with Crippen molar-refractivity contribution in [2.75, 3.05) is 11.9 Å². The summed E-state index contributed by atoms with van der Waals surface area (Å²) in [5.41, 5.74) is 0.500. The lowest BCUT2D eigenvalue weighted by atomic mass is 9.87. The Morgan fingerprint density at radius 3 is 2.74 bits per heavy atom. The molecule has 4 rings (SSSR count). The number of anilines is 1. The van der Waals surface area contributed by atoms with Crippen molar-refractivity contribution in [2.24, 2.45) is 5.92 Å². The molecule has 0 spiro atoms. The first-order valence-corrected chi connectivity index (χ1v) is 11.3. The average Bonchev–Trinajstić information content (AvgIpc) is 2.80. The standard InChI is InChI=1S/C24H24F2N3O4P/c1-12-14(11-30)19(31)9-20(33-12)13-7-8-27-10-18(13)29-24(32)17-6-5-16(26)23(28-17)22-15(25)3-2-4-21(22)34/h2-8,10,12,14,19-20,30-31H,9,11,34H2,1H3,(H,29,32). The molecule has 5 atom stereocenters. The van der Waals surface area contributed by atoms with Crippen LogP contribution in [-0.4, -0.2) is 44.9 Å². The van der Waals surface area contributed by atoms with Crippen LogP contribution in [0.15, 0.2) is 48.8 Å². The second kappa shape index (κ2) is 10.2. The third-order valence-electron chi connectivity index (χ3n) is 5.95. The molecule has 34 heavy (non-hydrogen) atoms. The molecule has 1 fully saturated rings. The molecule has 5 unspecified atom stereocenters. The monoisotopic (exact) mass is 487 g/mol. The molecule has 1 aliphatic heterocycles. The van der Waals surface area contributed by atoms with Gasteiger partial charge in [0, 0.05) is 29.7 Å². The smallest absolute Gasteiger partial charge is 0.274 e. The van der Waals surface area contributed by atoms with Crippen molar-refractivity contribution in [3.8, 4) is 11.3 Å². The van der Waals surface area contributed by atoms with Crippen molar-refractivity contribution < 1.29 is 28.5 Å². The Bertz CT molecular complexity index is 1180. The maximum atomic E-state index is 14.5. The number of aromatic nitrogens is 2. The van der Waals surface area contributed by atoms with Gasteiger partial charge in [-0.15, -0.1) is 9.24 Å². The van der Waals surface area contributed by atoms with E-state index in [2.05, 4.69) is 24.5 Å². The molecule has 1 saturated heterocycles. The number of carbonyl (C=O) groups excluding carboxylic acids is 1. The van der Waals surface area contributed by atoms with Gasteiger partial charge in [0.2, 0.25) is 0 Å². The Labute approximate surface area is 197 Å². The molecule has 1 aliphatic rings. The SMILES string of the molecule is CC1OC(c2ccncc2NC(=O)c2ccc(F)c(-c3c(F)cccc3P)n2)CC(O)C1CO. The van der Waals surface area contributed by atoms with Gasteiger partial charge in [-0.1, -0.05) is 12.1 Å². The number of nitrogens with zero attached hydrogens (tertiary/aromatic N) is 2. The molecular weight excluding hydrogens is 463 g/mol. The Balaban J connectivity index is 1.62. The van der Waals surface area contributed by atoms with E-state index in [9.17, 15) is 23.8 Å². The van der Waals surface area contributed by atoms with Crippen molar-refractivity contribution >= 4 is 26.1 Å². The molecule has 0 bridgehead atoms. The first-order chi connectivity index (χ1) is 16.3. The van der Waals surface area contributed by atoms with Crippen molar-refractivity contribution in [3.05, 3.63) is 71.7 Å². The van der Waals surface area contributed by atoms with E-state index in [1.165, 1.54) is 30.6 Å². The zero-order chi connectivity index (χ0) is 24.4. The fraction of sp³-hybridized carbons (Fsp3) is 0.292. The van der Waals surface area contributed by atoms with Crippen LogP contribution < -0.4 is 10.6 Å². The molecule has 0 saturated carbocycles. The van der Waals surface area contributed by atoms with Crippen LogP contribution in [-0.2, 0) is 4.74 Å². The van der Waals surface area contributed by atoms with Gasteiger partial charge in [0.25, 0.3) is 5.91 Å². The summed E-state index contributed by atoms with van der Waals surface area (Å²) >= 11 is 0. The molecule has 3 heterocycles.